The summed E-state index contributed by atoms with van der Waals surface area (Å²) >= 11 is 0. The average molecular weight is 296 g/mol. The molecule has 21 heavy (non-hydrogen) atoms. The maximum absolute atomic E-state index is 5.41. The average Bonchev–Trinajstić information content (AvgIpc) is 2.53. The molecule has 3 heteroatoms. The predicted molar refractivity (Wildman–Crippen MR) is 89.7 cm³/mol. The van der Waals surface area contributed by atoms with E-state index in [4.69, 9.17) is 4.74 Å². The van der Waals surface area contributed by atoms with Gasteiger partial charge in [-0.1, -0.05) is 39.0 Å². The van der Waals surface area contributed by atoms with Crippen LogP contribution in [0.5, 0.6) is 0 Å². The van der Waals surface area contributed by atoms with Crippen LogP contribution in [0.1, 0.15) is 58.8 Å². The number of unbranched alkanes of at least 4 members (excludes halogenated alkanes) is 1. The molecule has 1 aliphatic carbocycles. The van der Waals surface area contributed by atoms with Crippen LogP contribution in [-0.4, -0.2) is 50.3 Å². The van der Waals surface area contributed by atoms with Crippen LogP contribution in [0, 0.1) is 11.8 Å². The zero-order valence-electron chi connectivity index (χ0n) is 14.3. The lowest BCUT2D eigenvalue weighted by Crippen LogP contribution is -2.45. The largest absolute Gasteiger partial charge is 0.379 e. The molecular formula is C18H36N2O. The number of nitrogens with one attached hydrogen (secondary N) is 1. The van der Waals surface area contributed by atoms with E-state index >= 15 is 0 Å². The first kappa shape index (κ1) is 17.2. The first-order valence-electron chi connectivity index (χ1n) is 9.31. The highest BCUT2D eigenvalue weighted by atomic mass is 16.5. The molecule has 1 aliphatic heterocycles. The molecule has 124 valence electrons. The number of nitrogens with zero attached hydrogens (tertiary/aromatic N) is 1. The van der Waals surface area contributed by atoms with Crippen molar-refractivity contribution in [2.75, 3.05) is 39.4 Å². The number of morpholine rings is 1. The molecule has 0 bridgehead atoms. The molecule has 1 saturated carbocycles. The van der Waals surface area contributed by atoms with Gasteiger partial charge in [0.25, 0.3) is 0 Å². The van der Waals surface area contributed by atoms with E-state index in [0.717, 1.165) is 38.1 Å². The van der Waals surface area contributed by atoms with Gasteiger partial charge in [-0.2, -0.15) is 0 Å². The highest BCUT2D eigenvalue weighted by Crippen LogP contribution is 2.31. The minimum absolute atomic E-state index is 0.612. The summed E-state index contributed by atoms with van der Waals surface area (Å²) < 4.78 is 5.41. The van der Waals surface area contributed by atoms with E-state index in [1.807, 2.05) is 0 Å². The molecular weight excluding hydrogens is 260 g/mol. The Kier molecular flexibility index (Phi) is 8.05. The lowest BCUT2D eigenvalue weighted by Gasteiger charge is -2.32. The van der Waals surface area contributed by atoms with Gasteiger partial charge in [0.1, 0.15) is 0 Å². The van der Waals surface area contributed by atoms with Crippen molar-refractivity contribution in [1.82, 2.24) is 10.2 Å². The molecule has 0 aromatic heterocycles. The Morgan fingerprint density at radius 1 is 1.10 bits per heavy atom. The molecule has 0 aromatic carbocycles. The highest BCUT2D eigenvalue weighted by molar-refractivity contribution is 4.76. The molecule has 2 fully saturated rings. The van der Waals surface area contributed by atoms with E-state index in [0.29, 0.717) is 6.04 Å². The highest BCUT2D eigenvalue weighted by Gasteiger charge is 2.21. The molecule has 1 atom stereocenters. The Hall–Kier alpha value is -0.120. The fourth-order valence-electron chi connectivity index (χ4n) is 3.82. The van der Waals surface area contributed by atoms with Gasteiger partial charge in [0, 0.05) is 25.7 Å². The van der Waals surface area contributed by atoms with Crippen LogP contribution in [0.4, 0.5) is 0 Å². The minimum atomic E-state index is 0.612. The van der Waals surface area contributed by atoms with Gasteiger partial charge in [-0.3, -0.25) is 4.90 Å². The molecule has 2 rings (SSSR count). The Balaban J connectivity index is 1.54. The van der Waals surface area contributed by atoms with Gasteiger partial charge in [-0.05, 0) is 38.1 Å². The maximum atomic E-state index is 5.41. The predicted octanol–water partition coefficient (Wildman–Crippen LogP) is 3.29. The zero-order chi connectivity index (χ0) is 14.9. The second-order valence-corrected chi connectivity index (χ2v) is 7.25. The van der Waals surface area contributed by atoms with E-state index in [-0.39, 0.29) is 0 Å². The number of rotatable bonds is 8. The summed E-state index contributed by atoms with van der Waals surface area (Å²) in [7, 11) is 0. The summed E-state index contributed by atoms with van der Waals surface area (Å²) in [6.45, 7) is 11.1. The van der Waals surface area contributed by atoms with Crippen molar-refractivity contribution in [3.8, 4) is 0 Å². The quantitative estimate of drug-likeness (QED) is 0.744. The van der Waals surface area contributed by atoms with E-state index in [1.54, 1.807) is 0 Å². The topological polar surface area (TPSA) is 24.5 Å². The Morgan fingerprint density at radius 2 is 1.76 bits per heavy atom. The van der Waals surface area contributed by atoms with Crippen LogP contribution in [0.2, 0.25) is 0 Å². The Labute approximate surface area is 131 Å². The first-order chi connectivity index (χ1) is 10.3. The normalized spacial score (nSPS) is 29.4. The molecule has 1 saturated heterocycles. The first-order valence-corrected chi connectivity index (χ1v) is 9.31. The molecule has 3 nitrogen and oxygen atoms in total. The number of ether oxygens (including phenoxy) is 1. The summed E-state index contributed by atoms with van der Waals surface area (Å²) in [4.78, 5) is 2.53. The number of hydrogen-bond donors (Lipinski definition) is 1. The van der Waals surface area contributed by atoms with Gasteiger partial charge in [0.05, 0.1) is 13.2 Å². The molecule has 1 N–H and O–H groups in total. The fraction of sp³-hybridized carbons (Fsp3) is 1.00. The number of hydrogen-bond acceptors (Lipinski definition) is 3. The van der Waals surface area contributed by atoms with Gasteiger partial charge in [-0.25, -0.2) is 0 Å². The molecule has 0 spiro atoms. The van der Waals surface area contributed by atoms with Gasteiger partial charge in [0.15, 0.2) is 0 Å². The van der Waals surface area contributed by atoms with Gasteiger partial charge in [0.2, 0.25) is 0 Å². The van der Waals surface area contributed by atoms with Crippen molar-refractivity contribution >= 4 is 0 Å². The smallest absolute Gasteiger partial charge is 0.0594 e. The van der Waals surface area contributed by atoms with Crippen molar-refractivity contribution in [1.29, 1.82) is 0 Å². The van der Waals surface area contributed by atoms with Gasteiger partial charge >= 0.3 is 0 Å². The Morgan fingerprint density at radius 3 is 2.43 bits per heavy atom. The van der Waals surface area contributed by atoms with Crippen molar-refractivity contribution < 1.29 is 4.74 Å². The van der Waals surface area contributed by atoms with Crippen molar-refractivity contribution in [2.24, 2.45) is 11.8 Å². The zero-order valence-corrected chi connectivity index (χ0v) is 14.3. The second kappa shape index (κ2) is 9.81. The molecule has 1 unspecified atom stereocenters. The SMILES string of the molecule is CCCCC1CCC(CNC(C)CN2CCOCC2)CC1. The fourth-order valence-corrected chi connectivity index (χ4v) is 3.82. The molecule has 1 heterocycles. The van der Waals surface area contributed by atoms with Gasteiger partial charge in [-0.15, -0.1) is 0 Å². The lowest BCUT2D eigenvalue weighted by molar-refractivity contribution is 0.0341. The van der Waals surface area contributed by atoms with E-state index in [9.17, 15) is 0 Å². The molecule has 2 aliphatic rings. The van der Waals surface area contributed by atoms with Crippen molar-refractivity contribution in [2.45, 2.75) is 64.8 Å². The maximum Gasteiger partial charge on any atom is 0.0594 e. The minimum Gasteiger partial charge on any atom is -0.379 e. The van der Waals surface area contributed by atoms with Crippen LogP contribution in [0.25, 0.3) is 0 Å². The third-order valence-electron chi connectivity index (χ3n) is 5.32. The molecule has 0 amide bonds. The third-order valence-corrected chi connectivity index (χ3v) is 5.32. The monoisotopic (exact) mass is 296 g/mol. The summed E-state index contributed by atoms with van der Waals surface area (Å²) in [6.07, 6.45) is 10.1. The van der Waals surface area contributed by atoms with Crippen molar-refractivity contribution in [3.05, 3.63) is 0 Å². The van der Waals surface area contributed by atoms with Crippen LogP contribution in [0.3, 0.4) is 0 Å². The summed E-state index contributed by atoms with van der Waals surface area (Å²) in [5.41, 5.74) is 0. The summed E-state index contributed by atoms with van der Waals surface area (Å²) in [5.74, 6) is 1.96. The Bertz CT molecular complexity index is 258. The van der Waals surface area contributed by atoms with E-state index < -0.39 is 0 Å². The van der Waals surface area contributed by atoms with E-state index in [1.165, 1.54) is 58.0 Å². The lowest BCUT2D eigenvalue weighted by atomic mass is 9.80. The summed E-state index contributed by atoms with van der Waals surface area (Å²) in [6, 6.07) is 0.612. The van der Waals surface area contributed by atoms with Gasteiger partial charge < -0.3 is 10.1 Å². The van der Waals surface area contributed by atoms with Crippen LogP contribution in [0.15, 0.2) is 0 Å². The molecule has 0 aromatic rings. The second-order valence-electron chi connectivity index (χ2n) is 7.25. The third kappa shape index (κ3) is 6.66. The standard InChI is InChI=1S/C18H36N2O/c1-3-4-5-17-6-8-18(9-7-17)14-19-16(2)15-20-10-12-21-13-11-20/h16-19H,3-15H2,1-2H3. The molecule has 0 radical (unpaired) electrons. The van der Waals surface area contributed by atoms with E-state index in [2.05, 4.69) is 24.1 Å². The van der Waals surface area contributed by atoms with Crippen LogP contribution < -0.4 is 5.32 Å². The van der Waals surface area contributed by atoms with Crippen molar-refractivity contribution in [3.63, 3.8) is 0 Å². The van der Waals surface area contributed by atoms with Crippen LogP contribution in [-0.2, 0) is 4.74 Å². The summed E-state index contributed by atoms with van der Waals surface area (Å²) in [5, 5.41) is 3.78. The van der Waals surface area contributed by atoms with Crippen LogP contribution >= 0.6 is 0 Å².